The van der Waals surface area contributed by atoms with E-state index in [-0.39, 0.29) is 0 Å². The van der Waals surface area contributed by atoms with Crippen LogP contribution >= 0.6 is 0 Å². The number of rotatable bonds is 4. The van der Waals surface area contributed by atoms with Crippen molar-refractivity contribution in [1.82, 2.24) is 0 Å². The Bertz CT molecular complexity index is 279. The van der Waals surface area contributed by atoms with Gasteiger partial charge in [-0.15, -0.1) is 0 Å². The summed E-state index contributed by atoms with van der Waals surface area (Å²) in [7, 11) is 0. The van der Waals surface area contributed by atoms with Crippen molar-refractivity contribution in [3.8, 4) is 0 Å². The molecule has 0 radical (unpaired) electrons. The zero-order valence-electron chi connectivity index (χ0n) is 7.73. The molecule has 1 atom stereocenters. The second-order valence-corrected chi connectivity index (χ2v) is 2.81. The third kappa shape index (κ3) is 3.01. The van der Waals surface area contributed by atoms with Gasteiger partial charge in [0.25, 0.3) is 0 Å². The molecule has 13 heavy (non-hydrogen) atoms. The fourth-order valence-corrected chi connectivity index (χ4v) is 1.08. The highest BCUT2D eigenvalue weighted by Gasteiger charge is 2.00. The summed E-state index contributed by atoms with van der Waals surface area (Å²) in [6, 6.07) is 7.81. The molecule has 0 amide bonds. The lowest BCUT2D eigenvalue weighted by Crippen LogP contribution is -2.06. The lowest BCUT2D eigenvalue weighted by atomic mass is 10.1. The molecule has 1 N–H and O–H groups in total. The first-order valence-electron chi connectivity index (χ1n) is 4.24. The van der Waals surface area contributed by atoms with Crippen LogP contribution in [0.15, 0.2) is 30.8 Å². The Morgan fingerprint density at radius 2 is 2.23 bits per heavy atom. The molecule has 0 aliphatic carbocycles. The van der Waals surface area contributed by atoms with Crippen LogP contribution in [0.3, 0.4) is 0 Å². The third-order valence-electron chi connectivity index (χ3n) is 1.76. The van der Waals surface area contributed by atoms with Gasteiger partial charge in [0.1, 0.15) is 0 Å². The monoisotopic (exact) mass is 178 g/mol. The molecule has 2 heteroatoms. The van der Waals surface area contributed by atoms with Crippen LogP contribution in [0.4, 0.5) is 0 Å². The predicted molar refractivity (Wildman–Crippen MR) is 53.0 cm³/mol. The number of aliphatic hydroxyl groups excluding tert-OH is 1. The molecule has 0 saturated heterocycles. The van der Waals surface area contributed by atoms with E-state index in [1.165, 1.54) is 0 Å². The minimum absolute atomic E-state index is 0.417. The largest absolute Gasteiger partial charge is 0.368 e. The van der Waals surface area contributed by atoms with Crippen LogP contribution in [0.25, 0.3) is 6.08 Å². The fraction of sp³-hybridized carbons (Fsp3) is 0.273. The van der Waals surface area contributed by atoms with Crippen LogP contribution < -0.4 is 0 Å². The molecule has 70 valence electrons. The molecule has 0 bridgehead atoms. The highest BCUT2D eigenvalue weighted by Crippen LogP contribution is 2.11. The van der Waals surface area contributed by atoms with E-state index in [2.05, 4.69) is 6.58 Å². The summed E-state index contributed by atoms with van der Waals surface area (Å²) in [5.41, 5.74) is 2.08. The Balaban J connectivity index is 2.69. The van der Waals surface area contributed by atoms with Gasteiger partial charge in [0.2, 0.25) is 0 Å². The minimum Gasteiger partial charge on any atom is -0.368 e. The first-order chi connectivity index (χ1) is 6.24. The van der Waals surface area contributed by atoms with Crippen LogP contribution in [0, 0.1) is 0 Å². The van der Waals surface area contributed by atoms with Crippen LogP contribution in [-0.4, -0.2) is 11.4 Å². The van der Waals surface area contributed by atoms with Gasteiger partial charge in [0, 0.05) is 0 Å². The topological polar surface area (TPSA) is 29.5 Å². The molecule has 2 nitrogen and oxygen atoms in total. The second kappa shape index (κ2) is 4.80. The van der Waals surface area contributed by atoms with E-state index in [1.54, 1.807) is 13.0 Å². The zero-order chi connectivity index (χ0) is 9.68. The van der Waals surface area contributed by atoms with Crippen LogP contribution in [0.1, 0.15) is 18.1 Å². The average molecular weight is 178 g/mol. The molecule has 0 heterocycles. The molecule has 0 fully saturated rings. The fourth-order valence-electron chi connectivity index (χ4n) is 1.08. The summed E-state index contributed by atoms with van der Waals surface area (Å²) in [4.78, 5) is 0. The van der Waals surface area contributed by atoms with Crippen LogP contribution in [0.2, 0.25) is 0 Å². The maximum atomic E-state index is 8.93. The maximum Gasteiger partial charge on any atom is 0.152 e. The van der Waals surface area contributed by atoms with Gasteiger partial charge in [-0.2, -0.15) is 0 Å². The van der Waals surface area contributed by atoms with Gasteiger partial charge in [-0.25, -0.2) is 0 Å². The van der Waals surface area contributed by atoms with Gasteiger partial charge < -0.3 is 9.84 Å². The molecule has 0 aromatic heterocycles. The lowest BCUT2D eigenvalue weighted by molar-refractivity contribution is -0.0939. The molecule has 1 rings (SSSR count). The number of benzene rings is 1. The van der Waals surface area contributed by atoms with Gasteiger partial charge in [0.05, 0.1) is 6.61 Å². The van der Waals surface area contributed by atoms with Gasteiger partial charge in [0.15, 0.2) is 6.29 Å². The normalized spacial score (nSPS) is 12.5. The first-order valence-corrected chi connectivity index (χ1v) is 4.24. The molecule has 1 aromatic carbocycles. The van der Waals surface area contributed by atoms with Crippen molar-refractivity contribution in [2.75, 3.05) is 0 Å². The molecule has 0 saturated carbocycles. The Morgan fingerprint density at radius 1 is 1.54 bits per heavy atom. The average Bonchev–Trinajstić information content (AvgIpc) is 2.15. The van der Waals surface area contributed by atoms with Crippen molar-refractivity contribution >= 4 is 6.08 Å². The summed E-state index contributed by atoms with van der Waals surface area (Å²) in [6.07, 6.45) is 1.05. The molecular formula is C11H14O2. The number of ether oxygens (including phenoxy) is 1. The maximum absolute atomic E-state index is 8.93. The summed E-state index contributed by atoms with van der Waals surface area (Å²) < 4.78 is 5.08. The molecule has 1 aromatic rings. The molecule has 0 spiro atoms. The number of hydrogen-bond acceptors (Lipinski definition) is 2. The van der Waals surface area contributed by atoms with Crippen molar-refractivity contribution in [3.63, 3.8) is 0 Å². The van der Waals surface area contributed by atoms with E-state index >= 15 is 0 Å². The van der Waals surface area contributed by atoms with Crippen molar-refractivity contribution < 1.29 is 9.84 Å². The molecule has 0 aliphatic rings. The van der Waals surface area contributed by atoms with E-state index in [0.29, 0.717) is 6.61 Å². The predicted octanol–water partition coefficient (Wildman–Crippen LogP) is 2.18. The van der Waals surface area contributed by atoms with Gasteiger partial charge in [-0.05, 0) is 18.1 Å². The molecule has 0 aliphatic heterocycles. The Kier molecular flexibility index (Phi) is 3.68. The number of hydrogen-bond donors (Lipinski definition) is 1. The molecular weight excluding hydrogens is 164 g/mol. The van der Waals surface area contributed by atoms with Gasteiger partial charge >= 0.3 is 0 Å². The third-order valence-corrected chi connectivity index (χ3v) is 1.76. The lowest BCUT2D eigenvalue weighted by Gasteiger charge is -2.08. The van der Waals surface area contributed by atoms with E-state index in [4.69, 9.17) is 9.84 Å². The smallest absolute Gasteiger partial charge is 0.152 e. The summed E-state index contributed by atoms with van der Waals surface area (Å²) in [5, 5.41) is 8.93. The summed E-state index contributed by atoms with van der Waals surface area (Å²) >= 11 is 0. The Morgan fingerprint density at radius 3 is 2.85 bits per heavy atom. The van der Waals surface area contributed by atoms with Crippen LogP contribution in [-0.2, 0) is 11.3 Å². The first kappa shape index (κ1) is 9.96. The molecule has 1 unspecified atom stereocenters. The standard InChI is InChI=1S/C11H14O2/c1-3-10-6-4-5-7-11(10)8-13-9(2)12/h3-7,9,12H,1,8H2,2H3. The summed E-state index contributed by atoms with van der Waals surface area (Å²) in [6.45, 7) is 5.71. The van der Waals surface area contributed by atoms with E-state index in [1.807, 2.05) is 24.3 Å². The van der Waals surface area contributed by atoms with Gasteiger partial charge in [-0.1, -0.05) is 36.9 Å². The summed E-state index contributed by atoms with van der Waals surface area (Å²) in [5.74, 6) is 0. The van der Waals surface area contributed by atoms with E-state index in [9.17, 15) is 0 Å². The highest BCUT2D eigenvalue weighted by atomic mass is 16.6. The van der Waals surface area contributed by atoms with Crippen molar-refractivity contribution in [2.24, 2.45) is 0 Å². The number of aliphatic hydroxyl groups is 1. The van der Waals surface area contributed by atoms with Crippen LogP contribution in [0.5, 0.6) is 0 Å². The Hall–Kier alpha value is -1.12. The highest BCUT2D eigenvalue weighted by molar-refractivity contribution is 5.51. The minimum atomic E-state index is -0.724. The second-order valence-electron chi connectivity index (χ2n) is 2.81. The van der Waals surface area contributed by atoms with E-state index < -0.39 is 6.29 Å². The SMILES string of the molecule is C=Cc1ccccc1COC(C)O. The van der Waals surface area contributed by atoms with Gasteiger partial charge in [-0.3, -0.25) is 0 Å². The van der Waals surface area contributed by atoms with Crippen molar-refractivity contribution in [1.29, 1.82) is 0 Å². The zero-order valence-corrected chi connectivity index (χ0v) is 7.73. The Labute approximate surface area is 78.5 Å². The van der Waals surface area contributed by atoms with E-state index in [0.717, 1.165) is 11.1 Å². The van der Waals surface area contributed by atoms with Crippen molar-refractivity contribution in [2.45, 2.75) is 19.8 Å². The van der Waals surface area contributed by atoms with Crippen molar-refractivity contribution in [3.05, 3.63) is 42.0 Å². The quantitative estimate of drug-likeness (QED) is 0.716.